The third-order valence-corrected chi connectivity index (χ3v) is 6.11. The van der Waals surface area contributed by atoms with Crippen LogP contribution in [0.3, 0.4) is 0 Å². The number of hydrogen-bond acceptors (Lipinski definition) is 3. The van der Waals surface area contributed by atoms with Gasteiger partial charge in [-0.15, -0.1) is 0 Å². The minimum absolute atomic E-state index is 0.00240. The van der Waals surface area contributed by atoms with E-state index in [9.17, 15) is 14.7 Å². The monoisotopic (exact) mass is 308 g/mol. The summed E-state index contributed by atoms with van der Waals surface area (Å²) >= 11 is 0. The number of likely N-dealkylation sites (tertiary alicyclic amines) is 1. The number of carboxylic acids is 1. The van der Waals surface area contributed by atoms with Gasteiger partial charge in [0.1, 0.15) is 0 Å². The summed E-state index contributed by atoms with van der Waals surface area (Å²) in [5.41, 5.74) is 0. The number of nitrogens with zero attached hydrogens (tertiary/aromatic N) is 1. The van der Waals surface area contributed by atoms with Crippen molar-refractivity contribution in [3.8, 4) is 0 Å². The molecule has 3 fully saturated rings. The van der Waals surface area contributed by atoms with Crippen LogP contribution in [-0.2, 0) is 9.59 Å². The molecule has 5 heteroatoms. The standard InChI is InChI=1S/C17H28N2O3/c1-10(2)19-7-5-13(6-8-19)18-16(20)14-11-3-4-12(9-11)15(14)17(21)22/h10-15H,3-9H2,1-2H3,(H,18,20)(H,21,22)/t11-,12-,14-,15+/m0/s1. The predicted octanol–water partition coefficient (Wildman–Crippen LogP) is 1.72. The smallest absolute Gasteiger partial charge is 0.307 e. The minimum atomic E-state index is -0.776. The number of hydrogen-bond donors (Lipinski definition) is 2. The number of nitrogens with one attached hydrogen (secondary N) is 1. The first-order valence-corrected chi connectivity index (χ1v) is 8.74. The van der Waals surface area contributed by atoms with Gasteiger partial charge in [-0.2, -0.15) is 0 Å². The van der Waals surface area contributed by atoms with Crippen molar-refractivity contribution in [2.45, 2.75) is 58.0 Å². The van der Waals surface area contributed by atoms with Gasteiger partial charge < -0.3 is 15.3 Å². The fraction of sp³-hybridized carbons (Fsp3) is 0.882. The van der Waals surface area contributed by atoms with Gasteiger partial charge in [0, 0.05) is 25.2 Å². The number of carboxylic acid groups (broad SMARTS) is 1. The maximum Gasteiger partial charge on any atom is 0.307 e. The van der Waals surface area contributed by atoms with Crippen LogP contribution in [-0.4, -0.2) is 47.1 Å². The maximum atomic E-state index is 12.6. The van der Waals surface area contributed by atoms with Crippen molar-refractivity contribution in [1.29, 1.82) is 0 Å². The molecule has 1 amide bonds. The molecule has 0 radical (unpaired) electrons. The average Bonchev–Trinajstić information content (AvgIpc) is 3.08. The van der Waals surface area contributed by atoms with E-state index < -0.39 is 11.9 Å². The molecule has 3 aliphatic rings. The molecule has 2 saturated carbocycles. The molecular weight excluding hydrogens is 280 g/mol. The lowest BCUT2D eigenvalue weighted by Gasteiger charge is -2.36. The molecule has 0 aromatic rings. The van der Waals surface area contributed by atoms with E-state index in [1.54, 1.807) is 0 Å². The Morgan fingerprint density at radius 1 is 1.05 bits per heavy atom. The van der Waals surface area contributed by atoms with Gasteiger partial charge >= 0.3 is 5.97 Å². The molecule has 0 spiro atoms. The molecule has 22 heavy (non-hydrogen) atoms. The van der Waals surface area contributed by atoms with E-state index in [4.69, 9.17) is 0 Å². The van der Waals surface area contributed by atoms with Crippen LogP contribution in [0.25, 0.3) is 0 Å². The molecule has 3 rings (SSSR count). The lowest BCUT2D eigenvalue weighted by molar-refractivity contribution is -0.149. The van der Waals surface area contributed by atoms with E-state index in [2.05, 4.69) is 24.1 Å². The fourth-order valence-electron chi connectivity index (χ4n) is 4.88. The van der Waals surface area contributed by atoms with E-state index >= 15 is 0 Å². The summed E-state index contributed by atoms with van der Waals surface area (Å²) in [4.78, 5) is 26.6. The molecule has 0 aromatic carbocycles. The van der Waals surface area contributed by atoms with Crippen molar-refractivity contribution in [1.82, 2.24) is 10.2 Å². The van der Waals surface area contributed by atoms with Crippen LogP contribution in [0.15, 0.2) is 0 Å². The van der Waals surface area contributed by atoms with Crippen LogP contribution in [0.2, 0.25) is 0 Å². The Kier molecular flexibility index (Phi) is 4.44. The van der Waals surface area contributed by atoms with Gasteiger partial charge in [-0.25, -0.2) is 0 Å². The molecular formula is C17H28N2O3. The molecule has 2 bridgehead atoms. The topological polar surface area (TPSA) is 69.6 Å². The quantitative estimate of drug-likeness (QED) is 0.830. The highest BCUT2D eigenvalue weighted by Crippen LogP contribution is 2.52. The second-order valence-corrected chi connectivity index (χ2v) is 7.64. The van der Waals surface area contributed by atoms with Gasteiger partial charge in [0.15, 0.2) is 0 Å². The second kappa shape index (κ2) is 6.19. The number of rotatable bonds is 4. The molecule has 5 nitrogen and oxygen atoms in total. The summed E-state index contributed by atoms with van der Waals surface area (Å²) in [6.07, 6.45) is 4.89. The number of carbonyl (C=O) groups excluding carboxylic acids is 1. The zero-order valence-electron chi connectivity index (χ0n) is 13.6. The van der Waals surface area contributed by atoms with E-state index in [-0.39, 0.29) is 23.8 Å². The molecule has 0 aromatic heterocycles. The predicted molar refractivity (Wildman–Crippen MR) is 83.3 cm³/mol. The Bertz CT molecular complexity index is 443. The summed E-state index contributed by atoms with van der Waals surface area (Å²) in [7, 11) is 0. The van der Waals surface area contributed by atoms with E-state index in [1.165, 1.54) is 0 Å². The summed E-state index contributed by atoms with van der Waals surface area (Å²) in [6, 6.07) is 0.773. The molecule has 124 valence electrons. The summed E-state index contributed by atoms with van der Waals surface area (Å²) in [5, 5.41) is 12.6. The number of aliphatic carboxylic acids is 1. The van der Waals surface area contributed by atoms with Gasteiger partial charge in [-0.05, 0) is 57.8 Å². The Balaban J connectivity index is 1.57. The van der Waals surface area contributed by atoms with Crippen LogP contribution >= 0.6 is 0 Å². The first-order chi connectivity index (χ1) is 10.5. The van der Waals surface area contributed by atoms with Crippen LogP contribution in [0.4, 0.5) is 0 Å². The fourth-order valence-corrected chi connectivity index (χ4v) is 4.88. The normalized spacial score (nSPS) is 36.0. The van der Waals surface area contributed by atoms with Crippen molar-refractivity contribution in [3.05, 3.63) is 0 Å². The highest BCUT2D eigenvalue weighted by Gasteiger charge is 2.54. The molecule has 4 atom stereocenters. The van der Waals surface area contributed by atoms with Crippen molar-refractivity contribution in [2.24, 2.45) is 23.7 Å². The van der Waals surface area contributed by atoms with Crippen LogP contribution < -0.4 is 5.32 Å². The first kappa shape index (κ1) is 15.8. The highest BCUT2D eigenvalue weighted by molar-refractivity contribution is 5.86. The largest absolute Gasteiger partial charge is 0.481 e. The molecule has 1 aliphatic heterocycles. The van der Waals surface area contributed by atoms with Gasteiger partial charge in [0.05, 0.1) is 11.8 Å². The van der Waals surface area contributed by atoms with Crippen molar-refractivity contribution < 1.29 is 14.7 Å². The number of carbonyl (C=O) groups is 2. The Labute approximate surface area is 132 Å². The van der Waals surface area contributed by atoms with E-state index in [0.29, 0.717) is 12.0 Å². The maximum absolute atomic E-state index is 12.6. The third kappa shape index (κ3) is 2.87. The van der Waals surface area contributed by atoms with E-state index in [1.807, 2.05) is 0 Å². The summed E-state index contributed by atoms with van der Waals surface area (Å²) in [6.45, 7) is 6.43. The van der Waals surface area contributed by atoms with Crippen molar-refractivity contribution in [2.75, 3.05) is 13.1 Å². The summed E-state index contributed by atoms with van der Waals surface area (Å²) in [5.74, 6) is -0.999. The zero-order chi connectivity index (χ0) is 15.9. The average molecular weight is 308 g/mol. The van der Waals surface area contributed by atoms with Crippen molar-refractivity contribution >= 4 is 11.9 Å². The number of fused-ring (bicyclic) bond motifs is 2. The second-order valence-electron chi connectivity index (χ2n) is 7.64. The van der Waals surface area contributed by atoms with Gasteiger partial charge in [-0.3, -0.25) is 9.59 Å². The van der Waals surface area contributed by atoms with Gasteiger partial charge in [0.2, 0.25) is 5.91 Å². The lowest BCUT2D eigenvalue weighted by Crippen LogP contribution is -2.50. The third-order valence-electron chi connectivity index (χ3n) is 6.11. The van der Waals surface area contributed by atoms with Crippen molar-refractivity contribution in [3.63, 3.8) is 0 Å². The van der Waals surface area contributed by atoms with Gasteiger partial charge in [0.25, 0.3) is 0 Å². The Morgan fingerprint density at radius 3 is 2.18 bits per heavy atom. The minimum Gasteiger partial charge on any atom is -0.481 e. The lowest BCUT2D eigenvalue weighted by atomic mass is 9.78. The van der Waals surface area contributed by atoms with E-state index in [0.717, 1.165) is 45.2 Å². The highest BCUT2D eigenvalue weighted by atomic mass is 16.4. The van der Waals surface area contributed by atoms with Gasteiger partial charge in [-0.1, -0.05) is 0 Å². The molecule has 2 aliphatic carbocycles. The Morgan fingerprint density at radius 2 is 1.64 bits per heavy atom. The Hall–Kier alpha value is -1.10. The van der Waals surface area contributed by atoms with Crippen LogP contribution in [0.1, 0.15) is 46.0 Å². The number of amides is 1. The molecule has 1 saturated heterocycles. The molecule has 0 unspecified atom stereocenters. The first-order valence-electron chi connectivity index (χ1n) is 8.74. The van der Waals surface area contributed by atoms with Crippen LogP contribution in [0, 0.1) is 23.7 Å². The summed E-state index contributed by atoms with van der Waals surface area (Å²) < 4.78 is 0. The molecule has 2 N–H and O–H groups in total. The SMILES string of the molecule is CC(C)N1CCC(NC(=O)[C@H]2[C@H]3CC[C@@H](C3)[C@H]2C(=O)O)CC1. The zero-order valence-corrected chi connectivity index (χ0v) is 13.6. The van der Waals surface area contributed by atoms with Crippen LogP contribution in [0.5, 0.6) is 0 Å². The number of piperidine rings is 1. The molecule has 1 heterocycles.